The van der Waals surface area contributed by atoms with Gasteiger partial charge in [0.25, 0.3) is 5.91 Å². The molecule has 0 unspecified atom stereocenters. The van der Waals surface area contributed by atoms with Crippen LogP contribution >= 0.6 is 0 Å². The molecule has 0 saturated heterocycles. The first-order valence-corrected chi connectivity index (χ1v) is 6.48. The third kappa shape index (κ3) is 4.01. The molecule has 0 aliphatic rings. The number of nitrogens with zero attached hydrogens (tertiary/aromatic N) is 3. The van der Waals surface area contributed by atoms with E-state index in [2.05, 4.69) is 26.7 Å². The minimum absolute atomic E-state index is 0.0516. The lowest BCUT2D eigenvalue weighted by Gasteiger charge is -2.08. The molecule has 1 amide bonds. The summed E-state index contributed by atoms with van der Waals surface area (Å²) in [6.07, 6.45) is 2.91. The van der Waals surface area contributed by atoms with Crippen molar-refractivity contribution in [2.45, 2.75) is 19.9 Å². The van der Waals surface area contributed by atoms with Crippen molar-refractivity contribution in [3.63, 3.8) is 0 Å². The Balaban J connectivity index is 2.05. The summed E-state index contributed by atoms with van der Waals surface area (Å²) in [6.45, 7) is 3.76. The second-order valence-electron chi connectivity index (χ2n) is 4.73. The predicted molar refractivity (Wildman–Crippen MR) is 79.1 cm³/mol. The number of rotatable bonds is 4. The maximum atomic E-state index is 11.7. The molecule has 0 saturated carbocycles. The van der Waals surface area contributed by atoms with Crippen LogP contribution in [0.15, 0.2) is 36.7 Å². The highest BCUT2D eigenvalue weighted by Gasteiger charge is 2.08. The Morgan fingerprint density at radius 3 is 2.43 bits per heavy atom. The topological polar surface area (TPSA) is 90.7 Å². The summed E-state index contributed by atoms with van der Waals surface area (Å²) in [7, 11) is 0. The smallest absolute Gasteiger partial charge is 0.271 e. The van der Waals surface area contributed by atoms with Gasteiger partial charge in [-0.1, -0.05) is 0 Å². The van der Waals surface area contributed by atoms with Gasteiger partial charge in [-0.05, 0) is 38.1 Å². The number of nitrogens with one attached hydrogen (secondary N) is 2. The van der Waals surface area contributed by atoms with Crippen molar-refractivity contribution in [2.24, 2.45) is 0 Å². The first-order valence-electron chi connectivity index (χ1n) is 6.48. The summed E-state index contributed by atoms with van der Waals surface area (Å²) in [5.41, 5.74) is 1.66. The van der Waals surface area contributed by atoms with Gasteiger partial charge in [0, 0.05) is 11.7 Å². The Morgan fingerprint density at radius 1 is 1.19 bits per heavy atom. The molecule has 6 heteroatoms. The average Bonchev–Trinajstić information content (AvgIpc) is 2.48. The molecule has 0 aliphatic heterocycles. The summed E-state index contributed by atoms with van der Waals surface area (Å²) < 4.78 is 0. The molecule has 0 fully saturated rings. The van der Waals surface area contributed by atoms with Crippen LogP contribution in [-0.2, 0) is 0 Å². The van der Waals surface area contributed by atoms with Crippen LogP contribution in [0.4, 0.5) is 11.5 Å². The number of nitriles is 1. The number of hydrogen-bond acceptors (Lipinski definition) is 5. The summed E-state index contributed by atoms with van der Waals surface area (Å²) in [6, 6.07) is 9.08. The standard InChI is InChI=1S/C15H15N5O/c1-10(2)19-15(21)13-8-18-14(9-17-13)20-12-5-3-11(7-16)4-6-12/h3-6,8-10H,1-2H3,(H,18,20)(H,19,21). The van der Waals surface area contributed by atoms with Crippen molar-refractivity contribution < 1.29 is 4.79 Å². The first-order chi connectivity index (χ1) is 10.1. The molecule has 0 radical (unpaired) electrons. The fourth-order valence-electron chi connectivity index (χ4n) is 1.62. The minimum atomic E-state index is -0.248. The summed E-state index contributed by atoms with van der Waals surface area (Å²) in [5.74, 6) is 0.281. The summed E-state index contributed by atoms with van der Waals surface area (Å²) in [4.78, 5) is 19.9. The van der Waals surface area contributed by atoms with Gasteiger partial charge >= 0.3 is 0 Å². The Hall–Kier alpha value is -2.94. The Kier molecular flexibility index (Phi) is 4.46. The quantitative estimate of drug-likeness (QED) is 0.896. The van der Waals surface area contributed by atoms with E-state index in [4.69, 9.17) is 5.26 Å². The van der Waals surface area contributed by atoms with E-state index in [9.17, 15) is 4.79 Å². The lowest BCUT2D eigenvalue weighted by atomic mass is 10.2. The van der Waals surface area contributed by atoms with Gasteiger partial charge in [-0.15, -0.1) is 0 Å². The van der Waals surface area contributed by atoms with Crippen molar-refractivity contribution in [3.8, 4) is 6.07 Å². The van der Waals surface area contributed by atoms with Crippen molar-refractivity contribution in [3.05, 3.63) is 47.9 Å². The van der Waals surface area contributed by atoms with E-state index < -0.39 is 0 Å². The van der Waals surface area contributed by atoms with Crippen LogP contribution < -0.4 is 10.6 Å². The average molecular weight is 281 g/mol. The number of carbonyl (C=O) groups excluding carboxylic acids is 1. The van der Waals surface area contributed by atoms with Crippen molar-refractivity contribution >= 4 is 17.4 Å². The van der Waals surface area contributed by atoms with E-state index in [0.29, 0.717) is 11.4 Å². The lowest BCUT2D eigenvalue weighted by molar-refractivity contribution is 0.0937. The van der Waals surface area contributed by atoms with E-state index in [-0.39, 0.29) is 17.6 Å². The molecule has 2 N–H and O–H groups in total. The maximum Gasteiger partial charge on any atom is 0.271 e. The Bertz CT molecular complexity index is 656. The molecule has 106 valence electrons. The van der Waals surface area contributed by atoms with E-state index >= 15 is 0 Å². The van der Waals surface area contributed by atoms with Gasteiger partial charge < -0.3 is 10.6 Å². The van der Waals surface area contributed by atoms with Gasteiger partial charge in [0.05, 0.1) is 24.0 Å². The number of benzene rings is 1. The first kappa shape index (κ1) is 14.5. The fourth-order valence-corrected chi connectivity index (χ4v) is 1.62. The second-order valence-corrected chi connectivity index (χ2v) is 4.73. The van der Waals surface area contributed by atoms with Crippen LogP contribution in [-0.4, -0.2) is 21.9 Å². The van der Waals surface area contributed by atoms with Crippen LogP contribution in [0.3, 0.4) is 0 Å². The molecule has 2 aromatic rings. The number of amides is 1. The van der Waals surface area contributed by atoms with E-state index in [0.717, 1.165) is 5.69 Å². The monoisotopic (exact) mass is 281 g/mol. The molecule has 1 aromatic carbocycles. The van der Waals surface area contributed by atoms with Gasteiger partial charge in [0.1, 0.15) is 11.5 Å². The molecule has 0 atom stereocenters. The maximum absolute atomic E-state index is 11.7. The van der Waals surface area contributed by atoms with E-state index in [1.54, 1.807) is 24.3 Å². The predicted octanol–water partition coefficient (Wildman–Crippen LogP) is 2.23. The van der Waals surface area contributed by atoms with Gasteiger partial charge in [-0.2, -0.15) is 5.26 Å². The number of carbonyl (C=O) groups is 1. The van der Waals surface area contributed by atoms with Crippen LogP contribution in [0.5, 0.6) is 0 Å². The minimum Gasteiger partial charge on any atom is -0.348 e. The highest BCUT2D eigenvalue weighted by atomic mass is 16.1. The van der Waals surface area contributed by atoms with Crippen LogP contribution in [0.2, 0.25) is 0 Å². The van der Waals surface area contributed by atoms with E-state index in [1.807, 2.05) is 13.8 Å². The molecule has 0 aliphatic carbocycles. The Morgan fingerprint density at radius 2 is 1.90 bits per heavy atom. The molecule has 2 rings (SSSR count). The normalized spacial score (nSPS) is 10.0. The van der Waals surface area contributed by atoms with Crippen molar-refractivity contribution in [1.82, 2.24) is 15.3 Å². The van der Waals surface area contributed by atoms with E-state index in [1.165, 1.54) is 12.4 Å². The van der Waals surface area contributed by atoms with Crippen molar-refractivity contribution in [2.75, 3.05) is 5.32 Å². The SMILES string of the molecule is CC(C)NC(=O)c1cnc(Nc2ccc(C#N)cc2)cn1. The molecule has 1 heterocycles. The summed E-state index contributed by atoms with van der Waals surface area (Å²) in [5, 5.41) is 14.5. The number of aromatic nitrogens is 2. The molecule has 6 nitrogen and oxygen atoms in total. The van der Waals surface area contributed by atoms with Crippen LogP contribution in [0.25, 0.3) is 0 Å². The van der Waals surface area contributed by atoms with Gasteiger partial charge in [0.2, 0.25) is 0 Å². The van der Waals surface area contributed by atoms with Gasteiger partial charge in [-0.3, -0.25) is 4.79 Å². The second kappa shape index (κ2) is 6.48. The molecule has 0 spiro atoms. The zero-order chi connectivity index (χ0) is 15.2. The number of hydrogen-bond donors (Lipinski definition) is 2. The third-order valence-electron chi connectivity index (χ3n) is 2.59. The molecule has 21 heavy (non-hydrogen) atoms. The van der Waals surface area contributed by atoms with Crippen molar-refractivity contribution in [1.29, 1.82) is 5.26 Å². The highest BCUT2D eigenvalue weighted by molar-refractivity contribution is 5.92. The summed E-state index contributed by atoms with van der Waals surface area (Å²) >= 11 is 0. The molecular weight excluding hydrogens is 266 g/mol. The van der Waals surface area contributed by atoms with Crippen LogP contribution in [0.1, 0.15) is 29.9 Å². The molecular formula is C15H15N5O. The molecule has 0 bridgehead atoms. The zero-order valence-corrected chi connectivity index (χ0v) is 11.8. The molecule has 1 aromatic heterocycles. The fraction of sp³-hybridized carbons (Fsp3) is 0.200. The number of anilines is 2. The Labute approximate surface area is 122 Å². The largest absolute Gasteiger partial charge is 0.348 e. The third-order valence-corrected chi connectivity index (χ3v) is 2.59. The zero-order valence-electron chi connectivity index (χ0n) is 11.8. The van der Waals surface area contributed by atoms with Crippen LogP contribution in [0, 0.1) is 11.3 Å². The lowest BCUT2D eigenvalue weighted by Crippen LogP contribution is -2.30. The van der Waals surface area contributed by atoms with Gasteiger partial charge in [-0.25, -0.2) is 9.97 Å². The van der Waals surface area contributed by atoms with Gasteiger partial charge in [0.15, 0.2) is 0 Å². The highest BCUT2D eigenvalue weighted by Crippen LogP contribution is 2.14.